The molecule has 0 aliphatic heterocycles. The molecule has 6 nitrogen and oxygen atoms in total. The van der Waals surface area contributed by atoms with Crippen LogP contribution in [0.1, 0.15) is 25.7 Å². The van der Waals surface area contributed by atoms with Crippen LogP contribution in [0, 0.1) is 0 Å². The molecular weight excluding hydrogens is 278 g/mol. The van der Waals surface area contributed by atoms with Crippen molar-refractivity contribution in [3.63, 3.8) is 0 Å². The molecule has 1 amide bonds. The topological polar surface area (TPSA) is 101 Å². The first kappa shape index (κ1) is 13.5. The van der Waals surface area contributed by atoms with Crippen LogP contribution in [0.25, 0.3) is 0 Å². The monoisotopic (exact) mass is 295 g/mol. The molecule has 108 valence electrons. The van der Waals surface area contributed by atoms with Crippen molar-refractivity contribution >= 4 is 21.6 Å². The van der Waals surface area contributed by atoms with E-state index < -0.39 is 15.6 Å². The second-order valence-corrected chi connectivity index (χ2v) is 7.24. The Hall–Kier alpha value is -1.44. The zero-order chi connectivity index (χ0) is 14.4. The van der Waals surface area contributed by atoms with Gasteiger partial charge in [0.25, 0.3) is 0 Å². The molecule has 0 atom stereocenters. The van der Waals surface area contributed by atoms with Crippen molar-refractivity contribution in [3.05, 3.63) is 24.3 Å². The zero-order valence-electron chi connectivity index (χ0n) is 10.9. The molecule has 1 aromatic carbocycles. The van der Waals surface area contributed by atoms with Crippen molar-refractivity contribution in [1.82, 2.24) is 4.72 Å². The molecule has 0 unspecified atom stereocenters. The van der Waals surface area contributed by atoms with E-state index in [2.05, 4.69) is 10.0 Å². The number of hydrogen-bond donors (Lipinski definition) is 3. The fourth-order valence-electron chi connectivity index (χ4n) is 1.82. The van der Waals surface area contributed by atoms with Crippen LogP contribution in [-0.4, -0.2) is 25.9 Å². The van der Waals surface area contributed by atoms with E-state index in [4.69, 9.17) is 5.73 Å². The SMILES string of the molecule is NC1(C(=O)Nc2ccc(S(=O)(=O)NC3CC3)cc2)CC1. The summed E-state index contributed by atoms with van der Waals surface area (Å²) >= 11 is 0. The first-order valence-corrected chi connectivity index (χ1v) is 8.10. The largest absolute Gasteiger partial charge is 0.324 e. The van der Waals surface area contributed by atoms with E-state index in [1.807, 2.05) is 0 Å². The lowest BCUT2D eigenvalue weighted by Gasteiger charge is -2.11. The first-order chi connectivity index (χ1) is 9.39. The molecule has 0 radical (unpaired) electrons. The maximum Gasteiger partial charge on any atom is 0.244 e. The molecule has 3 rings (SSSR count). The third-order valence-corrected chi connectivity index (χ3v) is 5.10. The number of carbonyl (C=O) groups excluding carboxylic acids is 1. The maximum absolute atomic E-state index is 12.0. The molecule has 0 spiro atoms. The average Bonchev–Trinajstić information content (AvgIpc) is 3.29. The number of amides is 1. The molecule has 0 aromatic heterocycles. The van der Waals surface area contributed by atoms with Gasteiger partial charge < -0.3 is 11.1 Å². The van der Waals surface area contributed by atoms with Gasteiger partial charge in [-0.05, 0) is 49.9 Å². The van der Waals surface area contributed by atoms with Crippen molar-refractivity contribution in [1.29, 1.82) is 0 Å². The highest BCUT2D eigenvalue weighted by Crippen LogP contribution is 2.33. The Bertz CT molecular complexity index is 631. The first-order valence-electron chi connectivity index (χ1n) is 6.62. The van der Waals surface area contributed by atoms with Gasteiger partial charge in [0.1, 0.15) is 0 Å². The molecule has 20 heavy (non-hydrogen) atoms. The standard InChI is InChI=1S/C13H17N3O3S/c14-13(7-8-13)12(17)15-9-3-5-11(6-4-9)20(18,19)16-10-1-2-10/h3-6,10,16H,1-2,7-8,14H2,(H,15,17). The summed E-state index contributed by atoms with van der Waals surface area (Å²) in [5.74, 6) is -0.218. The minimum Gasteiger partial charge on any atom is -0.324 e. The molecule has 2 aliphatic rings. The van der Waals surface area contributed by atoms with Gasteiger partial charge in [0.2, 0.25) is 15.9 Å². The summed E-state index contributed by atoms with van der Waals surface area (Å²) in [4.78, 5) is 12.0. The van der Waals surface area contributed by atoms with Crippen LogP contribution < -0.4 is 15.8 Å². The fourth-order valence-corrected chi connectivity index (χ4v) is 3.13. The summed E-state index contributed by atoms with van der Waals surface area (Å²) < 4.78 is 26.5. The Morgan fingerprint density at radius 3 is 2.30 bits per heavy atom. The lowest BCUT2D eigenvalue weighted by Crippen LogP contribution is -2.37. The number of anilines is 1. The molecule has 2 aliphatic carbocycles. The molecular formula is C13H17N3O3S. The summed E-state index contributed by atoms with van der Waals surface area (Å²) in [5, 5.41) is 2.70. The van der Waals surface area contributed by atoms with Crippen LogP contribution in [0.4, 0.5) is 5.69 Å². The fraction of sp³-hybridized carbons (Fsp3) is 0.462. The van der Waals surface area contributed by atoms with Crippen LogP contribution in [0.15, 0.2) is 29.2 Å². The van der Waals surface area contributed by atoms with E-state index in [1.165, 1.54) is 12.1 Å². The highest BCUT2D eigenvalue weighted by Gasteiger charge is 2.45. The summed E-state index contributed by atoms with van der Waals surface area (Å²) in [5.41, 5.74) is 5.60. The second kappa shape index (κ2) is 4.54. The number of nitrogens with one attached hydrogen (secondary N) is 2. The quantitative estimate of drug-likeness (QED) is 0.738. The van der Waals surface area contributed by atoms with Gasteiger partial charge in [-0.1, -0.05) is 0 Å². The Morgan fingerprint density at radius 1 is 1.20 bits per heavy atom. The van der Waals surface area contributed by atoms with E-state index in [0.717, 1.165) is 12.8 Å². The Kier molecular flexibility index (Phi) is 3.07. The van der Waals surface area contributed by atoms with Gasteiger partial charge >= 0.3 is 0 Å². The molecule has 0 bridgehead atoms. The number of hydrogen-bond acceptors (Lipinski definition) is 4. The van der Waals surface area contributed by atoms with Gasteiger partial charge in [0.15, 0.2) is 0 Å². The van der Waals surface area contributed by atoms with Crippen LogP contribution in [0.2, 0.25) is 0 Å². The third kappa shape index (κ3) is 2.84. The summed E-state index contributed by atoms with van der Waals surface area (Å²) in [6.45, 7) is 0. The number of rotatable bonds is 5. The van der Waals surface area contributed by atoms with Gasteiger partial charge in [-0.25, -0.2) is 13.1 Å². The predicted octanol–water partition coefficient (Wildman–Crippen LogP) is 0.557. The molecule has 7 heteroatoms. The molecule has 0 heterocycles. The van der Waals surface area contributed by atoms with Gasteiger partial charge in [0.05, 0.1) is 10.4 Å². The van der Waals surface area contributed by atoms with E-state index in [1.54, 1.807) is 12.1 Å². The van der Waals surface area contributed by atoms with Gasteiger partial charge in [0, 0.05) is 11.7 Å². The van der Waals surface area contributed by atoms with Crippen molar-refractivity contribution < 1.29 is 13.2 Å². The lowest BCUT2D eigenvalue weighted by atomic mass is 10.2. The van der Waals surface area contributed by atoms with E-state index in [-0.39, 0.29) is 16.8 Å². The zero-order valence-corrected chi connectivity index (χ0v) is 11.7. The summed E-state index contributed by atoms with van der Waals surface area (Å²) in [6.07, 6.45) is 3.17. The number of carbonyl (C=O) groups is 1. The number of nitrogens with two attached hydrogens (primary N) is 1. The highest BCUT2D eigenvalue weighted by molar-refractivity contribution is 7.89. The van der Waals surface area contributed by atoms with Gasteiger partial charge in [-0.3, -0.25) is 4.79 Å². The van der Waals surface area contributed by atoms with Crippen molar-refractivity contribution in [2.45, 2.75) is 42.2 Å². The normalized spacial score (nSPS) is 20.4. The maximum atomic E-state index is 12.0. The smallest absolute Gasteiger partial charge is 0.244 e. The van der Waals surface area contributed by atoms with E-state index in [0.29, 0.717) is 18.5 Å². The molecule has 2 fully saturated rings. The summed E-state index contributed by atoms with van der Waals surface area (Å²) in [6, 6.07) is 6.19. The minimum atomic E-state index is -3.45. The second-order valence-electron chi connectivity index (χ2n) is 5.53. The number of sulfonamides is 1. The van der Waals surface area contributed by atoms with Crippen LogP contribution >= 0.6 is 0 Å². The molecule has 2 saturated carbocycles. The van der Waals surface area contributed by atoms with E-state index in [9.17, 15) is 13.2 Å². The predicted molar refractivity (Wildman–Crippen MR) is 74.6 cm³/mol. The van der Waals surface area contributed by atoms with Crippen LogP contribution in [0.5, 0.6) is 0 Å². The Morgan fingerprint density at radius 2 is 1.80 bits per heavy atom. The summed E-state index contributed by atoms with van der Waals surface area (Å²) in [7, 11) is -3.45. The Labute approximate surface area is 117 Å². The van der Waals surface area contributed by atoms with Crippen molar-refractivity contribution in [2.24, 2.45) is 5.73 Å². The van der Waals surface area contributed by atoms with E-state index >= 15 is 0 Å². The van der Waals surface area contributed by atoms with Crippen molar-refractivity contribution in [2.75, 3.05) is 5.32 Å². The van der Waals surface area contributed by atoms with Crippen molar-refractivity contribution in [3.8, 4) is 0 Å². The number of benzene rings is 1. The average molecular weight is 295 g/mol. The molecule has 4 N–H and O–H groups in total. The third-order valence-electron chi connectivity index (χ3n) is 3.56. The molecule has 1 aromatic rings. The van der Waals surface area contributed by atoms with Crippen LogP contribution in [-0.2, 0) is 14.8 Å². The minimum absolute atomic E-state index is 0.0753. The highest BCUT2D eigenvalue weighted by atomic mass is 32.2. The Balaban J connectivity index is 1.69. The van der Waals surface area contributed by atoms with Gasteiger partial charge in [-0.2, -0.15) is 0 Å². The lowest BCUT2D eigenvalue weighted by molar-refractivity contribution is -0.118. The van der Waals surface area contributed by atoms with Gasteiger partial charge in [-0.15, -0.1) is 0 Å². The molecule has 0 saturated heterocycles. The van der Waals surface area contributed by atoms with Crippen LogP contribution in [0.3, 0.4) is 0 Å².